The molecule has 4 heteroatoms. The molecule has 1 aliphatic carbocycles. The molecule has 0 spiro atoms. The number of rotatable bonds is 2. The van der Waals surface area contributed by atoms with Gasteiger partial charge in [-0.05, 0) is 31.7 Å². The molecule has 1 saturated carbocycles. The van der Waals surface area contributed by atoms with E-state index < -0.39 is 0 Å². The van der Waals surface area contributed by atoms with Crippen LogP contribution in [0.25, 0.3) is 0 Å². The minimum absolute atomic E-state index is 0.439. The van der Waals surface area contributed by atoms with Gasteiger partial charge in [-0.2, -0.15) is 4.98 Å². The van der Waals surface area contributed by atoms with Crippen molar-refractivity contribution in [3.63, 3.8) is 0 Å². The number of hydrogen-bond donors (Lipinski definition) is 1. The Labute approximate surface area is 89.4 Å². The summed E-state index contributed by atoms with van der Waals surface area (Å²) in [5, 5.41) is 7.46. The summed E-state index contributed by atoms with van der Waals surface area (Å²) in [4.78, 5) is 4.53. The Morgan fingerprint density at radius 1 is 1.47 bits per heavy atom. The Kier molecular flexibility index (Phi) is 2.24. The highest BCUT2D eigenvalue weighted by Gasteiger charge is 2.38. The van der Waals surface area contributed by atoms with Gasteiger partial charge in [0, 0.05) is 12.5 Å². The van der Waals surface area contributed by atoms with E-state index in [4.69, 9.17) is 4.52 Å². The standard InChI is InChI=1S/C11H17N3O/c1-7-5-9(7)10-13-11(15-14-10)8-3-2-4-12-6-8/h7-9,12H,2-6H2,1H3/t7?,8-,9?/m1/s1. The van der Waals surface area contributed by atoms with Gasteiger partial charge < -0.3 is 9.84 Å². The third kappa shape index (κ3) is 1.78. The van der Waals surface area contributed by atoms with Crippen LogP contribution in [0.1, 0.15) is 49.7 Å². The van der Waals surface area contributed by atoms with E-state index in [0.29, 0.717) is 11.8 Å². The number of nitrogens with one attached hydrogen (secondary N) is 1. The van der Waals surface area contributed by atoms with Gasteiger partial charge in [0.2, 0.25) is 5.89 Å². The zero-order chi connectivity index (χ0) is 10.3. The average molecular weight is 207 g/mol. The van der Waals surface area contributed by atoms with Crippen molar-refractivity contribution in [2.75, 3.05) is 13.1 Å². The first-order valence-corrected chi connectivity index (χ1v) is 5.89. The van der Waals surface area contributed by atoms with Crippen LogP contribution < -0.4 is 5.32 Å². The van der Waals surface area contributed by atoms with E-state index in [0.717, 1.165) is 30.7 Å². The second-order valence-electron chi connectivity index (χ2n) is 4.85. The Balaban J connectivity index is 1.72. The third-order valence-corrected chi connectivity index (χ3v) is 3.54. The van der Waals surface area contributed by atoms with E-state index in [-0.39, 0.29) is 0 Å². The molecule has 1 aliphatic heterocycles. The SMILES string of the molecule is CC1CC1c1noc([C@@H]2CCCNC2)n1. The topological polar surface area (TPSA) is 51.0 Å². The van der Waals surface area contributed by atoms with Gasteiger partial charge in [0.05, 0.1) is 5.92 Å². The average Bonchev–Trinajstić information content (AvgIpc) is 2.83. The fraction of sp³-hybridized carbons (Fsp3) is 0.818. The van der Waals surface area contributed by atoms with Crippen LogP contribution >= 0.6 is 0 Å². The molecule has 2 unspecified atom stereocenters. The first kappa shape index (κ1) is 9.33. The molecule has 1 saturated heterocycles. The van der Waals surface area contributed by atoms with Crippen LogP contribution in [-0.2, 0) is 0 Å². The summed E-state index contributed by atoms with van der Waals surface area (Å²) >= 11 is 0. The van der Waals surface area contributed by atoms with Crippen molar-refractivity contribution in [1.29, 1.82) is 0 Å². The maximum atomic E-state index is 5.35. The highest BCUT2D eigenvalue weighted by molar-refractivity contribution is 5.09. The van der Waals surface area contributed by atoms with Gasteiger partial charge in [0.15, 0.2) is 5.82 Å². The highest BCUT2D eigenvalue weighted by atomic mass is 16.5. The van der Waals surface area contributed by atoms with Crippen LogP contribution in [0.15, 0.2) is 4.52 Å². The van der Waals surface area contributed by atoms with Gasteiger partial charge in [0.1, 0.15) is 0 Å². The molecule has 0 bridgehead atoms. The van der Waals surface area contributed by atoms with Crippen molar-refractivity contribution in [2.45, 2.75) is 38.0 Å². The molecule has 2 aliphatic rings. The smallest absolute Gasteiger partial charge is 0.231 e. The van der Waals surface area contributed by atoms with Crippen LogP contribution in [0.4, 0.5) is 0 Å². The summed E-state index contributed by atoms with van der Waals surface area (Å²) in [6.45, 7) is 4.35. The zero-order valence-corrected chi connectivity index (χ0v) is 9.07. The summed E-state index contributed by atoms with van der Waals surface area (Å²) in [7, 11) is 0. The minimum Gasteiger partial charge on any atom is -0.339 e. The van der Waals surface area contributed by atoms with Gasteiger partial charge in [-0.25, -0.2) is 0 Å². The molecule has 3 rings (SSSR count). The lowest BCUT2D eigenvalue weighted by Gasteiger charge is -2.18. The van der Waals surface area contributed by atoms with Gasteiger partial charge in [-0.3, -0.25) is 0 Å². The largest absolute Gasteiger partial charge is 0.339 e. The fourth-order valence-electron chi connectivity index (χ4n) is 2.31. The van der Waals surface area contributed by atoms with Crippen molar-refractivity contribution in [3.05, 3.63) is 11.7 Å². The summed E-state index contributed by atoms with van der Waals surface area (Å²) in [6.07, 6.45) is 3.61. The summed E-state index contributed by atoms with van der Waals surface area (Å²) < 4.78 is 5.35. The number of nitrogens with zero attached hydrogens (tertiary/aromatic N) is 2. The number of aromatic nitrogens is 2. The Hall–Kier alpha value is -0.900. The second-order valence-corrected chi connectivity index (χ2v) is 4.85. The summed E-state index contributed by atoms with van der Waals surface area (Å²) in [5.74, 6) is 3.53. The van der Waals surface area contributed by atoms with E-state index in [1.807, 2.05) is 0 Å². The number of piperidine rings is 1. The highest BCUT2D eigenvalue weighted by Crippen LogP contribution is 2.45. The maximum Gasteiger partial charge on any atom is 0.231 e. The van der Waals surface area contributed by atoms with Crippen LogP contribution in [-0.4, -0.2) is 23.2 Å². The molecule has 15 heavy (non-hydrogen) atoms. The summed E-state index contributed by atoms with van der Waals surface area (Å²) in [6, 6.07) is 0. The van der Waals surface area contributed by atoms with Crippen LogP contribution in [0.2, 0.25) is 0 Å². The van der Waals surface area contributed by atoms with Crippen LogP contribution in [0.3, 0.4) is 0 Å². The predicted molar refractivity (Wildman–Crippen MR) is 55.7 cm³/mol. The molecule has 4 nitrogen and oxygen atoms in total. The lowest BCUT2D eigenvalue weighted by Crippen LogP contribution is -2.28. The summed E-state index contributed by atoms with van der Waals surface area (Å²) in [5.41, 5.74) is 0. The Morgan fingerprint density at radius 2 is 2.33 bits per heavy atom. The van der Waals surface area contributed by atoms with E-state index >= 15 is 0 Å². The molecule has 3 atom stereocenters. The molecule has 1 aromatic heterocycles. The molecule has 1 N–H and O–H groups in total. The quantitative estimate of drug-likeness (QED) is 0.801. The maximum absolute atomic E-state index is 5.35. The minimum atomic E-state index is 0.439. The molecule has 2 fully saturated rings. The van der Waals surface area contributed by atoms with Gasteiger partial charge in [-0.1, -0.05) is 12.1 Å². The van der Waals surface area contributed by atoms with Crippen molar-refractivity contribution < 1.29 is 4.52 Å². The van der Waals surface area contributed by atoms with Crippen molar-refractivity contribution in [2.24, 2.45) is 5.92 Å². The molecular weight excluding hydrogens is 190 g/mol. The zero-order valence-electron chi connectivity index (χ0n) is 9.07. The normalized spacial score (nSPS) is 35.4. The van der Waals surface area contributed by atoms with E-state index in [2.05, 4.69) is 22.4 Å². The molecule has 0 radical (unpaired) electrons. The lowest BCUT2D eigenvalue weighted by molar-refractivity contribution is 0.320. The third-order valence-electron chi connectivity index (χ3n) is 3.54. The lowest BCUT2D eigenvalue weighted by atomic mass is 10.00. The first-order chi connectivity index (χ1) is 7.34. The van der Waals surface area contributed by atoms with Crippen molar-refractivity contribution in [1.82, 2.24) is 15.5 Å². The molecule has 0 amide bonds. The number of hydrogen-bond acceptors (Lipinski definition) is 4. The molecule has 1 aromatic rings. The van der Waals surface area contributed by atoms with E-state index in [1.54, 1.807) is 0 Å². The Morgan fingerprint density at radius 3 is 3.00 bits per heavy atom. The van der Waals surface area contributed by atoms with Crippen LogP contribution in [0, 0.1) is 5.92 Å². The predicted octanol–water partition coefficient (Wildman–Crippen LogP) is 1.66. The Bertz CT molecular complexity index is 343. The van der Waals surface area contributed by atoms with Gasteiger partial charge in [-0.15, -0.1) is 0 Å². The first-order valence-electron chi connectivity index (χ1n) is 5.89. The molecular formula is C11H17N3O. The fourth-order valence-corrected chi connectivity index (χ4v) is 2.31. The van der Waals surface area contributed by atoms with E-state index in [9.17, 15) is 0 Å². The van der Waals surface area contributed by atoms with Crippen LogP contribution in [0.5, 0.6) is 0 Å². The van der Waals surface area contributed by atoms with Crippen molar-refractivity contribution in [3.8, 4) is 0 Å². The molecule has 2 heterocycles. The van der Waals surface area contributed by atoms with Gasteiger partial charge >= 0.3 is 0 Å². The second kappa shape index (κ2) is 3.59. The van der Waals surface area contributed by atoms with Gasteiger partial charge in [0.25, 0.3) is 0 Å². The van der Waals surface area contributed by atoms with Crippen molar-refractivity contribution >= 4 is 0 Å². The monoisotopic (exact) mass is 207 g/mol. The molecule has 0 aromatic carbocycles. The molecule has 82 valence electrons. The van der Waals surface area contributed by atoms with E-state index in [1.165, 1.54) is 19.3 Å².